The van der Waals surface area contributed by atoms with Crippen LogP contribution in [0.5, 0.6) is 11.5 Å². The molecule has 7 heteroatoms. The number of rotatable bonds is 9. The molecule has 0 radical (unpaired) electrons. The van der Waals surface area contributed by atoms with Crippen molar-refractivity contribution in [1.29, 1.82) is 0 Å². The molecule has 0 bridgehead atoms. The van der Waals surface area contributed by atoms with E-state index in [1.807, 2.05) is 30.5 Å². The maximum absolute atomic E-state index is 12.9. The molecular weight excluding hydrogens is 412 g/mol. The zero-order chi connectivity index (χ0) is 22.1. The molecule has 2 amide bonds. The molecule has 0 aliphatic heterocycles. The summed E-state index contributed by atoms with van der Waals surface area (Å²) in [7, 11) is 1.60. The lowest BCUT2D eigenvalue weighted by molar-refractivity contribution is -0.118. The second-order valence-electron chi connectivity index (χ2n) is 6.75. The van der Waals surface area contributed by atoms with Gasteiger partial charge in [0.15, 0.2) is 0 Å². The van der Waals surface area contributed by atoms with Gasteiger partial charge in [-0.1, -0.05) is 24.3 Å². The topological polar surface area (TPSA) is 76.7 Å². The number of carbonyl (C=O) groups excluding carboxylic acids is 2. The fourth-order valence-corrected chi connectivity index (χ4v) is 3.35. The molecule has 3 aromatic rings. The zero-order valence-corrected chi connectivity index (χ0v) is 18.1. The van der Waals surface area contributed by atoms with Crippen LogP contribution >= 0.6 is 11.3 Å². The normalized spacial score (nSPS) is 12.0. The summed E-state index contributed by atoms with van der Waals surface area (Å²) in [6, 6.07) is 19.5. The molecule has 0 spiro atoms. The predicted octanol–water partition coefficient (Wildman–Crippen LogP) is 4.11. The minimum Gasteiger partial charge on any atom is -0.497 e. The standard InChI is InChI=1S/C24H24N2O4S/c1-17(16-30-20-12-10-19(29-2)11-13-20)25-24(28)22(15-21-9-6-14-31-21)26-23(27)18-7-4-3-5-8-18/h3-15,17H,16H2,1-2H3,(H,25,28)(H,26,27)/b22-15-. The molecule has 31 heavy (non-hydrogen) atoms. The number of carbonyl (C=O) groups is 2. The number of methoxy groups -OCH3 is 1. The third-order valence-electron chi connectivity index (χ3n) is 4.30. The van der Waals surface area contributed by atoms with Gasteiger partial charge in [0.05, 0.1) is 13.2 Å². The molecule has 0 saturated carbocycles. The maximum atomic E-state index is 12.9. The number of thiophene rings is 1. The first-order valence-electron chi connectivity index (χ1n) is 9.74. The Morgan fingerprint density at radius 1 is 1.00 bits per heavy atom. The summed E-state index contributed by atoms with van der Waals surface area (Å²) in [5, 5.41) is 7.51. The smallest absolute Gasteiger partial charge is 0.268 e. The van der Waals surface area contributed by atoms with Crippen molar-refractivity contribution in [2.75, 3.05) is 13.7 Å². The minimum absolute atomic E-state index is 0.174. The van der Waals surface area contributed by atoms with Crippen molar-refractivity contribution in [3.8, 4) is 11.5 Å². The number of amides is 2. The van der Waals surface area contributed by atoms with Crippen molar-refractivity contribution in [1.82, 2.24) is 10.6 Å². The van der Waals surface area contributed by atoms with Gasteiger partial charge in [-0.25, -0.2) is 0 Å². The van der Waals surface area contributed by atoms with E-state index < -0.39 is 0 Å². The van der Waals surface area contributed by atoms with Gasteiger partial charge in [0.1, 0.15) is 23.8 Å². The number of benzene rings is 2. The van der Waals surface area contributed by atoms with Crippen LogP contribution in [0.4, 0.5) is 0 Å². The van der Waals surface area contributed by atoms with Crippen LogP contribution in [0.25, 0.3) is 6.08 Å². The van der Waals surface area contributed by atoms with E-state index in [4.69, 9.17) is 9.47 Å². The van der Waals surface area contributed by atoms with Gasteiger partial charge in [0, 0.05) is 10.4 Å². The van der Waals surface area contributed by atoms with Gasteiger partial charge in [0.2, 0.25) is 0 Å². The van der Waals surface area contributed by atoms with Crippen LogP contribution in [0.15, 0.2) is 77.8 Å². The molecule has 3 rings (SSSR count). The molecule has 1 aromatic heterocycles. The lowest BCUT2D eigenvalue weighted by Crippen LogP contribution is -2.41. The van der Waals surface area contributed by atoms with Gasteiger partial charge in [-0.3, -0.25) is 9.59 Å². The predicted molar refractivity (Wildman–Crippen MR) is 122 cm³/mol. The Hall–Kier alpha value is -3.58. The average Bonchev–Trinajstić information content (AvgIpc) is 3.31. The van der Waals surface area contributed by atoms with Crippen molar-refractivity contribution in [2.45, 2.75) is 13.0 Å². The average molecular weight is 437 g/mol. The van der Waals surface area contributed by atoms with Crippen molar-refractivity contribution < 1.29 is 19.1 Å². The molecule has 160 valence electrons. The largest absolute Gasteiger partial charge is 0.497 e. The molecule has 1 atom stereocenters. The van der Waals surface area contributed by atoms with Gasteiger partial charge in [0.25, 0.3) is 11.8 Å². The fraction of sp³-hybridized carbons (Fsp3) is 0.167. The third-order valence-corrected chi connectivity index (χ3v) is 5.11. The molecule has 0 fully saturated rings. The molecule has 0 aliphatic carbocycles. The van der Waals surface area contributed by atoms with Crippen LogP contribution < -0.4 is 20.1 Å². The monoisotopic (exact) mass is 436 g/mol. The van der Waals surface area contributed by atoms with Crippen LogP contribution in [0.3, 0.4) is 0 Å². The second kappa shape index (κ2) is 11.0. The highest BCUT2D eigenvalue weighted by atomic mass is 32.1. The molecule has 0 aliphatic rings. The summed E-state index contributed by atoms with van der Waals surface area (Å²) >= 11 is 1.48. The summed E-state index contributed by atoms with van der Waals surface area (Å²) < 4.78 is 10.9. The minimum atomic E-state index is -0.386. The van der Waals surface area contributed by atoms with Gasteiger partial charge in [-0.2, -0.15) is 0 Å². The highest BCUT2D eigenvalue weighted by Crippen LogP contribution is 2.17. The fourth-order valence-electron chi connectivity index (χ4n) is 2.69. The van der Waals surface area contributed by atoms with E-state index in [1.165, 1.54) is 11.3 Å². The summed E-state index contributed by atoms with van der Waals surface area (Å²) in [6.07, 6.45) is 1.66. The number of ether oxygens (including phenoxy) is 2. The van der Waals surface area contributed by atoms with E-state index in [0.717, 1.165) is 10.6 Å². The van der Waals surface area contributed by atoms with Gasteiger partial charge < -0.3 is 20.1 Å². The number of hydrogen-bond acceptors (Lipinski definition) is 5. The molecule has 2 aromatic carbocycles. The molecule has 2 N–H and O–H groups in total. The second-order valence-corrected chi connectivity index (χ2v) is 7.73. The van der Waals surface area contributed by atoms with Crippen molar-refractivity contribution in [2.24, 2.45) is 0 Å². The first kappa shape index (κ1) is 22.1. The zero-order valence-electron chi connectivity index (χ0n) is 17.3. The Morgan fingerprint density at radius 2 is 1.71 bits per heavy atom. The van der Waals surface area contributed by atoms with Crippen molar-refractivity contribution in [3.05, 3.63) is 88.2 Å². The first-order chi connectivity index (χ1) is 15.0. The molecule has 1 heterocycles. The lowest BCUT2D eigenvalue weighted by Gasteiger charge is -2.17. The molecule has 6 nitrogen and oxygen atoms in total. The maximum Gasteiger partial charge on any atom is 0.268 e. The van der Waals surface area contributed by atoms with Crippen LogP contribution in [0.1, 0.15) is 22.2 Å². The van der Waals surface area contributed by atoms with Crippen LogP contribution in [-0.4, -0.2) is 31.6 Å². The Balaban J connectivity index is 1.64. The van der Waals surface area contributed by atoms with Crippen molar-refractivity contribution in [3.63, 3.8) is 0 Å². The number of hydrogen-bond donors (Lipinski definition) is 2. The van der Waals surface area contributed by atoms with Gasteiger partial charge >= 0.3 is 0 Å². The van der Waals surface area contributed by atoms with E-state index >= 15 is 0 Å². The summed E-state index contributed by atoms with van der Waals surface area (Å²) in [6.45, 7) is 2.11. The third kappa shape index (κ3) is 6.72. The summed E-state index contributed by atoms with van der Waals surface area (Å²) in [5.74, 6) is 0.684. The molecule has 0 saturated heterocycles. The van der Waals surface area contributed by atoms with E-state index in [1.54, 1.807) is 61.7 Å². The van der Waals surface area contributed by atoms with Gasteiger partial charge in [-0.15, -0.1) is 11.3 Å². The Labute approximate surface area is 185 Å². The van der Waals surface area contributed by atoms with E-state index in [0.29, 0.717) is 11.3 Å². The summed E-state index contributed by atoms with van der Waals surface area (Å²) in [4.78, 5) is 26.3. The Kier molecular flexibility index (Phi) is 7.84. The summed E-state index contributed by atoms with van der Waals surface area (Å²) in [5.41, 5.74) is 0.649. The van der Waals surface area contributed by atoms with Gasteiger partial charge in [-0.05, 0) is 60.8 Å². The lowest BCUT2D eigenvalue weighted by atomic mass is 10.2. The van der Waals surface area contributed by atoms with Crippen LogP contribution in [-0.2, 0) is 4.79 Å². The van der Waals surface area contributed by atoms with Crippen LogP contribution in [0, 0.1) is 0 Å². The highest BCUT2D eigenvalue weighted by molar-refractivity contribution is 7.10. The number of nitrogens with one attached hydrogen (secondary N) is 2. The van der Waals surface area contributed by atoms with Crippen LogP contribution in [0.2, 0.25) is 0 Å². The quantitative estimate of drug-likeness (QED) is 0.495. The van der Waals surface area contributed by atoms with Crippen molar-refractivity contribution >= 4 is 29.2 Å². The first-order valence-corrected chi connectivity index (χ1v) is 10.6. The SMILES string of the molecule is COc1ccc(OCC(C)NC(=O)/C(=C/c2cccs2)NC(=O)c2ccccc2)cc1. The Morgan fingerprint density at radius 3 is 2.35 bits per heavy atom. The highest BCUT2D eigenvalue weighted by Gasteiger charge is 2.17. The van der Waals surface area contributed by atoms with E-state index in [9.17, 15) is 9.59 Å². The Bertz CT molecular complexity index is 1020. The van der Waals surface area contributed by atoms with E-state index in [-0.39, 0.29) is 30.2 Å². The molecule has 1 unspecified atom stereocenters. The molecular formula is C24H24N2O4S. The van der Waals surface area contributed by atoms with E-state index in [2.05, 4.69) is 10.6 Å².